The van der Waals surface area contributed by atoms with Gasteiger partial charge in [-0.15, -0.1) is 12.4 Å². The zero-order valence-corrected chi connectivity index (χ0v) is 21.5. The minimum absolute atomic E-state index is 0. The monoisotopic (exact) mass is 538 g/mol. The van der Waals surface area contributed by atoms with Gasteiger partial charge in [0.1, 0.15) is 23.2 Å². The molecule has 2 aliphatic rings. The first kappa shape index (κ1) is 27.3. The predicted octanol–water partition coefficient (Wildman–Crippen LogP) is 4.80. The van der Waals surface area contributed by atoms with Crippen molar-refractivity contribution in [1.29, 1.82) is 0 Å². The molecular weight excluding hydrogens is 509 g/mol. The molecule has 0 radical (unpaired) electrons. The van der Waals surface area contributed by atoms with E-state index in [0.717, 1.165) is 30.9 Å². The number of benzene rings is 1. The van der Waals surface area contributed by atoms with Crippen LogP contribution < -0.4 is 5.32 Å². The molecule has 2 fully saturated rings. The number of aromatic nitrogens is 4. The number of hydrogen-bond acceptors (Lipinski definition) is 7. The third-order valence-corrected chi connectivity index (χ3v) is 6.79. The maximum absolute atomic E-state index is 15.0. The molecule has 12 heteroatoms. The van der Waals surface area contributed by atoms with Crippen LogP contribution in [-0.4, -0.2) is 63.4 Å². The lowest BCUT2D eigenvalue weighted by Crippen LogP contribution is -2.43. The zero-order chi connectivity index (χ0) is 25.2. The van der Waals surface area contributed by atoms with Crippen molar-refractivity contribution in [2.45, 2.75) is 45.3 Å². The van der Waals surface area contributed by atoms with Gasteiger partial charge in [-0.1, -0.05) is 0 Å². The Bertz CT molecular complexity index is 1240. The third-order valence-electron chi connectivity index (χ3n) is 6.79. The number of morpholine rings is 1. The first-order chi connectivity index (χ1) is 17.4. The Balaban J connectivity index is 0.00000320. The van der Waals surface area contributed by atoms with E-state index in [4.69, 9.17) is 9.47 Å². The molecule has 0 bridgehead atoms. The Labute approximate surface area is 219 Å². The van der Waals surface area contributed by atoms with Crippen LogP contribution in [0.15, 0.2) is 24.5 Å². The fourth-order valence-electron chi connectivity index (χ4n) is 4.78. The lowest BCUT2D eigenvalue weighted by Gasteiger charge is -2.33. The van der Waals surface area contributed by atoms with Crippen LogP contribution in [0.5, 0.6) is 0 Å². The second-order valence-electron chi connectivity index (χ2n) is 9.24. The van der Waals surface area contributed by atoms with E-state index in [1.165, 1.54) is 6.07 Å². The van der Waals surface area contributed by atoms with E-state index < -0.39 is 17.5 Å². The van der Waals surface area contributed by atoms with Crippen molar-refractivity contribution in [3.63, 3.8) is 0 Å². The molecule has 0 saturated carbocycles. The van der Waals surface area contributed by atoms with Crippen molar-refractivity contribution < 1.29 is 22.6 Å². The molecule has 5 rings (SSSR count). The lowest BCUT2D eigenvalue weighted by atomic mass is 10.1. The van der Waals surface area contributed by atoms with Crippen LogP contribution in [0.2, 0.25) is 0 Å². The van der Waals surface area contributed by atoms with Gasteiger partial charge in [0.2, 0.25) is 5.95 Å². The first-order valence-electron chi connectivity index (χ1n) is 12.1. The quantitative estimate of drug-likeness (QED) is 0.483. The maximum atomic E-state index is 15.0. The number of nitrogens with one attached hydrogen (secondary N) is 1. The molecule has 3 aromatic rings. The second kappa shape index (κ2) is 11.8. The molecular formula is C25H30ClF3N6O2. The number of nitrogens with zero attached hydrogens (tertiary/aromatic N) is 5. The molecule has 0 unspecified atom stereocenters. The normalized spacial score (nSPS) is 19.0. The minimum atomic E-state index is -0.648. The molecule has 37 heavy (non-hydrogen) atoms. The highest BCUT2D eigenvalue weighted by molar-refractivity contribution is 5.85. The number of rotatable bonds is 6. The summed E-state index contributed by atoms with van der Waals surface area (Å²) in [6, 6.07) is 2.48. The van der Waals surface area contributed by atoms with Crippen LogP contribution in [0.4, 0.5) is 24.8 Å². The molecule has 4 heterocycles. The van der Waals surface area contributed by atoms with Gasteiger partial charge in [-0.3, -0.25) is 4.90 Å². The van der Waals surface area contributed by atoms with Crippen LogP contribution in [0.1, 0.15) is 37.2 Å². The summed E-state index contributed by atoms with van der Waals surface area (Å²) in [5, 5.41) is 2.71. The fourth-order valence-corrected chi connectivity index (χ4v) is 4.78. The average Bonchev–Trinajstić information content (AvgIpc) is 3.26. The Hall–Kier alpha value is -2.73. The summed E-state index contributed by atoms with van der Waals surface area (Å²) in [6.45, 7) is 7.12. The van der Waals surface area contributed by atoms with E-state index in [1.807, 2.05) is 23.3 Å². The van der Waals surface area contributed by atoms with Gasteiger partial charge in [-0.05, 0) is 32.8 Å². The molecule has 0 amide bonds. The smallest absolute Gasteiger partial charge is 0.228 e. The highest BCUT2D eigenvalue weighted by atomic mass is 35.5. The van der Waals surface area contributed by atoms with Crippen LogP contribution in [0.25, 0.3) is 11.4 Å². The molecule has 2 aliphatic heterocycles. The number of hydrogen-bond donors (Lipinski definition) is 1. The Kier molecular flexibility index (Phi) is 8.68. The zero-order valence-electron chi connectivity index (χ0n) is 20.7. The Morgan fingerprint density at radius 1 is 1.00 bits per heavy atom. The average molecular weight is 539 g/mol. The van der Waals surface area contributed by atoms with Crippen molar-refractivity contribution >= 4 is 24.0 Å². The first-order valence-corrected chi connectivity index (χ1v) is 12.1. The maximum Gasteiger partial charge on any atom is 0.228 e. The van der Waals surface area contributed by atoms with Crippen LogP contribution in [0.3, 0.4) is 0 Å². The molecule has 2 aromatic heterocycles. The van der Waals surface area contributed by atoms with Crippen LogP contribution in [-0.2, 0) is 16.0 Å². The molecule has 200 valence electrons. The molecule has 1 aromatic carbocycles. The number of imidazole rings is 1. The Morgan fingerprint density at radius 2 is 1.78 bits per heavy atom. The molecule has 1 N–H and O–H groups in total. The van der Waals surface area contributed by atoms with Crippen molar-refractivity contribution in [3.8, 4) is 11.4 Å². The summed E-state index contributed by atoms with van der Waals surface area (Å²) in [5.41, 5.74) is 0.670. The second-order valence-corrected chi connectivity index (χ2v) is 9.24. The highest BCUT2D eigenvalue weighted by Crippen LogP contribution is 2.31. The lowest BCUT2D eigenvalue weighted by molar-refractivity contribution is -0.00483. The van der Waals surface area contributed by atoms with Crippen molar-refractivity contribution in [1.82, 2.24) is 24.4 Å². The predicted molar refractivity (Wildman–Crippen MR) is 135 cm³/mol. The van der Waals surface area contributed by atoms with E-state index in [9.17, 15) is 13.2 Å². The van der Waals surface area contributed by atoms with E-state index >= 15 is 0 Å². The van der Waals surface area contributed by atoms with E-state index in [-0.39, 0.29) is 53.9 Å². The van der Waals surface area contributed by atoms with Crippen LogP contribution in [0, 0.1) is 24.4 Å². The van der Waals surface area contributed by atoms with Gasteiger partial charge in [-0.25, -0.2) is 28.1 Å². The van der Waals surface area contributed by atoms with Crippen LogP contribution >= 0.6 is 12.4 Å². The summed E-state index contributed by atoms with van der Waals surface area (Å²) in [6.07, 6.45) is 4.15. The van der Waals surface area contributed by atoms with Crippen molar-refractivity contribution in [3.05, 3.63) is 53.4 Å². The number of aryl methyl sites for hydroxylation is 1. The molecule has 1 atom stereocenters. The standard InChI is InChI=1S/C25H29F3N6O2.ClH/c1-15-14-36-8-5-33(15)13-17-9-20(27)22(10-19(17)26)31-25-30-11-21(28)24(32-25)23-12-29-16(2)34(23)18-3-6-35-7-4-18;/h9-12,15,18H,3-8,13-14H2,1-2H3,(H,30,31,32);1H/t15-;/m0./s1. The van der Waals surface area contributed by atoms with E-state index in [2.05, 4.69) is 20.3 Å². The molecule has 0 aliphatic carbocycles. The van der Waals surface area contributed by atoms with Gasteiger partial charge in [0, 0.05) is 50.0 Å². The number of ether oxygens (including phenoxy) is 2. The van der Waals surface area contributed by atoms with Gasteiger partial charge in [0.15, 0.2) is 5.82 Å². The molecule has 2 saturated heterocycles. The summed E-state index contributed by atoms with van der Waals surface area (Å²) < 4.78 is 57.5. The molecule has 0 spiro atoms. The largest absolute Gasteiger partial charge is 0.381 e. The molecule has 8 nitrogen and oxygen atoms in total. The van der Waals surface area contributed by atoms with Crippen molar-refractivity contribution in [2.75, 3.05) is 38.3 Å². The highest BCUT2D eigenvalue weighted by Gasteiger charge is 2.24. The fraction of sp³-hybridized carbons (Fsp3) is 0.480. The third kappa shape index (κ3) is 5.90. The van der Waals surface area contributed by atoms with Gasteiger partial charge < -0.3 is 19.4 Å². The SMILES string of the molecule is Cc1ncc(-c2nc(Nc3cc(F)c(CN4CCOC[C@@H]4C)cc3F)ncc2F)n1C1CCOCC1.Cl. The van der Waals surface area contributed by atoms with Gasteiger partial charge in [0.25, 0.3) is 0 Å². The van der Waals surface area contributed by atoms with E-state index in [0.29, 0.717) is 38.7 Å². The van der Waals surface area contributed by atoms with Gasteiger partial charge in [0.05, 0.1) is 37.0 Å². The van der Waals surface area contributed by atoms with Gasteiger partial charge >= 0.3 is 0 Å². The summed E-state index contributed by atoms with van der Waals surface area (Å²) in [5.74, 6) is -1.13. The Morgan fingerprint density at radius 3 is 2.54 bits per heavy atom. The summed E-state index contributed by atoms with van der Waals surface area (Å²) >= 11 is 0. The van der Waals surface area contributed by atoms with Gasteiger partial charge in [-0.2, -0.15) is 0 Å². The minimum Gasteiger partial charge on any atom is -0.381 e. The van der Waals surface area contributed by atoms with E-state index in [1.54, 1.807) is 6.20 Å². The van der Waals surface area contributed by atoms with Crippen molar-refractivity contribution in [2.24, 2.45) is 0 Å². The summed E-state index contributed by atoms with van der Waals surface area (Å²) in [4.78, 5) is 14.7. The topological polar surface area (TPSA) is 77.3 Å². The number of anilines is 2. The number of halogens is 4. The summed E-state index contributed by atoms with van der Waals surface area (Å²) in [7, 11) is 0.